The van der Waals surface area contributed by atoms with E-state index < -0.39 is 0 Å². The molecule has 0 aliphatic heterocycles. The molecule has 0 aromatic rings. The van der Waals surface area contributed by atoms with E-state index in [-0.39, 0.29) is 39.8 Å². The van der Waals surface area contributed by atoms with Gasteiger partial charge in [0.1, 0.15) is 0 Å². The van der Waals surface area contributed by atoms with E-state index in [4.69, 9.17) is 7.59 Å². The van der Waals surface area contributed by atoms with E-state index in [0.29, 0.717) is 24.7 Å². The predicted octanol–water partition coefficient (Wildman–Crippen LogP) is -0.361. The molecule has 0 aromatic heterocycles. The van der Waals surface area contributed by atoms with Gasteiger partial charge in [0.2, 0.25) is 0 Å². The van der Waals surface area contributed by atoms with Crippen molar-refractivity contribution in [3.8, 4) is 0 Å². The van der Waals surface area contributed by atoms with Crippen LogP contribution in [0.2, 0.25) is 0 Å². The molecule has 6 heavy (non-hydrogen) atoms. The first kappa shape index (κ1) is 15.7. The van der Waals surface area contributed by atoms with E-state index in [9.17, 15) is 0 Å². The third-order valence-electron chi connectivity index (χ3n) is 0. The molecule has 0 N–H and O–H groups in total. The van der Waals surface area contributed by atoms with Gasteiger partial charge in [-0.1, -0.05) is 0 Å². The van der Waals surface area contributed by atoms with Crippen molar-refractivity contribution in [3.05, 3.63) is 0 Å². The molecule has 0 heterocycles. The molecular weight excluding hydrogens is 343 g/mol. The van der Waals surface area contributed by atoms with Crippen LogP contribution in [0, 0.1) is 39.8 Å². The maximum atomic E-state index is 8.39. The van der Waals surface area contributed by atoms with Gasteiger partial charge < -0.3 is 0 Å². The Hall–Kier alpha value is 2.18. The Balaban J connectivity index is -0.0000000225. The van der Waals surface area contributed by atoms with Crippen molar-refractivity contribution in [1.29, 1.82) is 0 Å². The van der Waals surface area contributed by atoms with Gasteiger partial charge in [-0.2, -0.15) is 0 Å². The average molecular weight is 343 g/mol. The first-order valence-electron chi connectivity index (χ1n) is 0.531. The van der Waals surface area contributed by atoms with Crippen molar-refractivity contribution in [2.24, 2.45) is 0 Å². The fraction of sp³-hybridized carbons (Fsp3) is 0. The van der Waals surface area contributed by atoms with E-state index in [1.165, 1.54) is 0 Å². The first-order chi connectivity index (χ1) is 3.00. The summed E-state index contributed by atoms with van der Waals surface area (Å²) in [6.45, 7) is 0. The van der Waals surface area contributed by atoms with Gasteiger partial charge >= 0.3 is 88.0 Å². The molecule has 3 nitrogen and oxygen atoms in total. The molecule has 0 atom stereocenters. The van der Waals surface area contributed by atoms with E-state index in [0.717, 1.165) is 0 Å². The summed E-state index contributed by atoms with van der Waals surface area (Å²) in [5.41, 5.74) is 0. The Bertz CT molecular complexity index is 15.5. The van der Waals surface area contributed by atoms with Gasteiger partial charge in [0, 0.05) is 0 Å². The summed E-state index contributed by atoms with van der Waals surface area (Å²) in [6.07, 6.45) is 0. The zero-order chi connectivity index (χ0) is 6.00. The van der Waals surface area contributed by atoms with Crippen molar-refractivity contribution in [1.82, 2.24) is 0 Å². The molecular formula is CeCuO3Zr. The second-order valence-corrected chi connectivity index (χ2v) is 0. The molecule has 0 aliphatic carbocycles. The third-order valence-corrected chi connectivity index (χ3v) is 0. The van der Waals surface area contributed by atoms with Crippen LogP contribution in [0.4, 0.5) is 0 Å². The van der Waals surface area contributed by atoms with E-state index in [1.54, 1.807) is 0 Å². The van der Waals surface area contributed by atoms with Crippen LogP contribution in [0.5, 0.6) is 0 Å². The fourth-order valence-corrected chi connectivity index (χ4v) is 0. The molecule has 0 radical (unpaired) electrons. The molecule has 0 amide bonds. The topological polar surface area (TPSA) is 51.2 Å². The van der Waals surface area contributed by atoms with Gasteiger partial charge in [-0.25, -0.2) is 0 Å². The van der Waals surface area contributed by atoms with Crippen molar-refractivity contribution >= 4 is 0 Å². The first-order valence-corrected chi connectivity index (χ1v) is 3.20. The SMILES string of the molecule is [O]=[Ce].[O]=[Cu].[O]=[Zr]. The van der Waals surface area contributed by atoms with Crippen LogP contribution >= 0.6 is 0 Å². The van der Waals surface area contributed by atoms with Crippen LogP contribution in [-0.2, 0) is 48.3 Å². The van der Waals surface area contributed by atoms with Gasteiger partial charge in [-0.05, 0) is 0 Å². The van der Waals surface area contributed by atoms with E-state index in [2.05, 4.69) is 15.9 Å². The van der Waals surface area contributed by atoms with Gasteiger partial charge in [0.05, 0.1) is 0 Å². The summed E-state index contributed by atoms with van der Waals surface area (Å²) in [5, 5.41) is 0. The molecule has 0 spiro atoms. The van der Waals surface area contributed by atoms with Gasteiger partial charge in [-0.15, -0.1) is 0 Å². The summed E-state index contributed by atoms with van der Waals surface area (Å²) < 4.78 is 24.5. The maximum absolute atomic E-state index is 8.39. The van der Waals surface area contributed by atoms with E-state index in [1.807, 2.05) is 0 Å². The molecule has 0 fully saturated rings. The average Bonchev–Trinajstić information content (AvgIpc) is 1.81. The summed E-state index contributed by atoms with van der Waals surface area (Å²) in [7, 11) is 0. The predicted molar refractivity (Wildman–Crippen MR) is 2.06 cm³/mol. The van der Waals surface area contributed by atoms with Crippen LogP contribution in [0.1, 0.15) is 0 Å². The Labute approximate surface area is 86.1 Å². The number of hydrogen-bond acceptors (Lipinski definition) is 3. The summed E-state index contributed by atoms with van der Waals surface area (Å²) in [4.78, 5) is 0. The second kappa shape index (κ2) is 57.7. The Kier molecular flexibility index (Phi) is 151. The Morgan fingerprint density at radius 3 is 1.17 bits per heavy atom. The normalized spacial score (nSPS) is 2.00. The monoisotopic (exact) mass is 341 g/mol. The molecule has 0 saturated carbocycles. The van der Waals surface area contributed by atoms with Crippen LogP contribution in [0.3, 0.4) is 0 Å². The fourth-order valence-electron chi connectivity index (χ4n) is 0. The van der Waals surface area contributed by atoms with Crippen molar-refractivity contribution < 1.29 is 88.0 Å². The van der Waals surface area contributed by atoms with Gasteiger partial charge in [0.15, 0.2) is 0 Å². The minimum absolute atomic E-state index is 0.0556. The van der Waals surface area contributed by atoms with Gasteiger partial charge in [-0.3, -0.25) is 0 Å². The second-order valence-electron chi connectivity index (χ2n) is 0. The molecule has 0 rings (SSSR count). The number of rotatable bonds is 0. The van der Waals surface area contributed by atoms with E-state index >= 15 is 0 Å². The zero-order valence-corrected chi connectivity index (χ0v) is 9.07. The molecule has 37 valence electrons. The van der Waals surface area contributed by atoms with Crippen LogP contribution in [-0.4, -0.2) is 0 Å². The summed E-state index contributed by atoms with van der Waals surface area (Å²) >= 11 is 3.29. The molecule has 0 saturated heterocycles. The Morgan fingerprint density at radius 2 is 1.17 bits per heavy atom. The minimum atomic E-state index is 0.0556. The third kappa shape index (κ3) is 34.9. The summed E-state index contributed by atoms with van der Waals surface area (Å²) in [5.74, 6) is 0. The molecule has 0 bridgehead atoms. The van der Waals surface area contributed by atoms with Crippen molar-refractivity contribution in [2.45, 2.75) is 0 Å². The van der Waals surface area contributed by atoms with Crippen molar-refractivity contribution in [3.63, 3.8) is 0 Å². The molecule has 0 unspecified atom stereocenters. The van der Waals surface area contributed by atoms with Crippen molar-refractivity contribution in [2.75, 3.05) is 0 Å². The molecule has 0 aliphatic rings. The zero-order valence-electron chi connectivity index (χ0n) is 2.53. The summed E-state index contributed by atoms with van der Waals surface area (Å²) in [6, 6.07) is 0. The van der Waals surface area contributed by atoms with Crippen LogP contribution < -0.4 is 0 Å². The van der Waals surface area contributed by atoms with Crippen LogP contribution in [0.15, 0.2) is 0 Å². The van der Waals surface area contributed by atoms with Gasteiger partial charge in [0.25, 0.3) is 0 Å². The number of hydrogen-bond donors (Lipinski definition) is 0. The van der Waals surface area contributed by atoms with Crippen LogP contribution in [0.25, 0.3) is 0 Å². The molecule has 0 aromatic carbocycles. The Morgan fingerprint density at radius 1 is 1.17 bits per heavy atom. The quantitative estimate of drug-likeness (QED) is 0.565. The standard InChI is InChI=1S/Ce.Cu.3O.Zr. The molecule has 6 heteroatoms.